The topological polar surface area (TPSA) is 90.1 Å². The number of pyridine rings is 1. The van der Waals surface area contributed by atoms with Gasteiger partial charge in [0.2, 0.25) is 5.82 Å². The van der Waals surface area contributed by atoms with Crippen molar-refractivity contribution in [2.24, 2.45) is 5.92 Å². The zero-order chi connectivity index (χ0) is 20.4. The van der Waals surface area contributed by atoms with Gasteiger partial charge in [-0.1, -0.05) is 18.6 Å². The highest BCUT2D eigenvalue weighted by atomic mass is 16.5. The molecule has 3 aromatic rings. The van der Waals surface area contributed by atoms with E-state index in [0.29, 0.717) is 19.1 Å². The molecule has 0 spiro atoms. The first-order valence-corrected chi connectivity index (χ1v) is 10.3. The van der Waals surface area contributed by atoms with E-state index in [2.05, 4.69) is 40.4 Å². The van der Waals surface area contributed by atoms with Crippen LogP contribution in [0.4, 0.5) is 0 Å². The Kier molecular flexibility index (Phi) is 5.73. The van der Waals surface area contributed by atoms with Crippen LogP contribution in [0.25, 0.3) is 10.9 Å². The molecule has 1 aliphatic heterocycles. The second-order valence-corrected chi connectivity index (χ2v) is 8.19. The van der Waals surface area contributed by atoms with Gasteiger partial charge in [-0.25, -0.2) is 4.68 Å². The summed E-state index contributed by atoms with van der Waals surface area (Å²) in [7, 11) is 1.66. The third kappa shape index (κ3) is 4.09. The zero-order valence-corrected chi connectivity index (χ0v) is 17.3. The van der Waals surface area contributed by atoms with Crippen LogP contribution in [0.3, 0.4) is 0 Å². The summed E-state index contributed by atoms with van der Waals surface area (Å²) < 4.78 is 7.00. The Bertz CT molecular complexity index is 1040. The molecule has 1 aromatic carbocycles. The maximum absolute atomic E-state index is 13.1. The van der Waals surface area contributed by atoms with Crippen molar-refractivity contribution >= 4 is 10.9 Å². The van der Waals surface area contributed by atoms with Gasteiger partial charge in [-0.2, -0.15) is 0 Å². The number of quaternary nitrogens is 1. The van der Waals surface area contributed by atoms with Crippen LogP contribution in [-0.2, 0) is 11.3 Å². The van der Waals surface area contributed by atoms with Gasteiger partial charge in [0.1, 0.15) is 0 Å². The van der Waals surface area contributed by atoms with E-state index in [1.807, 2.05) is 18.2 Å². The molecule has 1 saturated heterocycles. The molecule has 8 heteroatoms. The smallest absolute Gasteiger partial charge is 0.258 e. The van der Waals surface area contributed by atoms with Gasteiger partial charge in [-0.3, -0.25) is 4.79 Å². The molecule has 0 saturated carbocycles. The second-order valence-electron chi connectivity index (χ2n) is 8.19. The molecular weight excluding hydrogens is 368 g/mol. The standard InChI is InChI=1S/C21H28N6O2/c1-14-6-7-18-16(11-14)12-17(21(28)22-18)19(26-8-4-5-15(2)13-26)20-23-24-25-27(20)9-10-29-3/h6-7,11-12,15,19H,4-5,8-10,13H2,1-3H3,(H,22,28)/p+1/t15-,19+/m0/s1. The number of aromatic amines is 1. The first kappa shape index (κ1) is 19.7. The lowest BCUT2D eigenvalue weighted by atomic mass is 9.95. The molecule has 2 aromatic heterocycles. The van der Waals surface area contributed by atoms with Gasteiger partial charge in [0, 0.05) is 18.5 Å². The van der Waals surface area contributed by atoms with E-state index in [-0.39, 0.29) is 11.6 Å². The first-order chi connectivity index (χ1) is 14.1. The van der Waals surface area contributed by atoms with Crippen molar-refractivity contribution in [3.8, 4) is 0 Å². The van der Waals surface area contributed by atoms with Crippen molar-refractivity contribution in [2.45, 2.75) is 39.3 Å². The normalized spacial score (nSPS) is 20.8. The number of likely N-dealkylation sites (tertiary alicyclic amines) is 1. The number of piperidine rings is 1. The molecule has 1 unspecified atom stereocenters. The van der Waals surface area contributed by atoms with Gasteiger partial charge in [-0.05, 0) is 53.8 Å². The van der Waals surface area contributed by atoms with E-state index in [9.17, 15) is 4.79 Å². The second kappa shape index (κ2) is 8.42. The molecule has 29 heavy (non-hydrogen) atoms. The number of rotatable bonds is 6. The quantitative estimate of drug-likeness (QED) is 0.644. The number of benzene rings is 1. The van der Waals surface area contributed by atoms with Crippen LogP contribution in [0.15, 0.2) is 29.1 Å². The molecule has 0 bridgehead atoms. The third-order valence-corrected chi connectivity index (χ3v) is 5.88. The molecule has 0 amide bonds. The average Bonchev–Trinajstić information content (AvgIpc) is 3.15. The fourth-order valence-electron chi connectivity index (χ4n) is 4.45. The molecule has 4 rings (SSSR count). The van der Waals surface area contributed by atoms with Crippen molar-refractivity contribution in [2.75, 3.05) is 26.8 Å². The molecule has 3 atom stereocenters. The van der Waals surface area contributed by atoms with Crippen LogP contribution in [0, 0.1) is 12.8 Å². The minimum absolute atomic E-state index is 0.0710. The highest BCUT2D eigenvalue weighted by Crippen LogP contribution is 2.20. The predicted octanol–water partition coefficient (Wildman–Crippen LogP) is 0.874. The lowest BCUT2D eigenvalue weighted by Gasteiger charge is -2.33. The number of fused-ring (bicyclic) bond motifs is 1. The summed E-state index contributed by atoms with van der Waals surface area (Å²) in [6, 6.07) is 7.89. The maximum Gasteiger partial charge on any atom is 0.258 e. The Labute approximate surface area is 169 Å². The molecule has 8 nitrogen and oxygen atoms in total. The van der Waals surface area contributed by atoms with Crippen LogP contribution in [0.2, 0.25) is 0 Å². The largest absolute Gasteiger partial charge is 0.383 e. The molecule has 154 valence electrons. The Morgan fingerprint density at radius 1 is 1.38 bits per heavy atom. The number of aryl methyl sites for hydroxylation is 1. The lowest BCUT2D eigenvalue weighted by molar-refractivity contribution is -0.934. The lowest BCUT2D eigenvalue weighted by Crippen LogP contribution is -3.14. The van der Waals surface area contributed by atoms with Gasteiger partial charge in [-0.15, -0.1) is 5.10 Å². The zero-order valence-electron chi connectivity index (χ0n) is 17.3. The Morgan fingerprint density at radius 2 is 2.24 bits per heavy atom. The van der Waals surface area contributed by atoms with Crippen LogP contribution >= 0.6 is 0 Å². The number of hydrogen-bond acceptors (Lipinski definition) is 5. The van der Waals surface area contributed by atoms with E-state index in [0.717, 1.165) is 47.4 Å². The number of nitrogens with one attached hydrogen (secondary N) is 2. The molecule has 3 heterocycles. The molecule has 2 N–H and O–H groups in total. The van der Waals surface area contributed by atoms with Crippen molar-refractivity contribution in [3.63, 3.8) is 0 Å². The van der Waals surface area contributed by atoms with E-state index in [1.54, 1.807) is 11.8 Å². The van der Waals surface area contributed by atoms with Crippen molar-refractivity contribution < 1.29 is 9.64 Å². The first-order valence-electron chi connectivity index (χ1n) is 10.3. The summed E-state index contributed by atoms with van der Waals surface area (Å²) >= 11 is 0. The summed E-state index contributed by atoms with van der Waals surface area (Å²) in [6.45, 7) is 7.40. The van der Waals surface area contributed by atoms with Crippen molar-refractivity contribution in [1.29, 1.82) is 0 Å². The molecular formula is C21H29N6O2+. The monoisotopic (exact) mass is 397 g/mol. The molecule has 0 aliphatic carbocycles. The molecule has 1 fully saturated rings. The fraction of sp³-hybridized carbons (Fsp3) is 0.524. The highest BCUT2D eigenvalue weighted by molar-refractivity contribution is 5.79. The number of nitrogens with zero attached hydrogens (tertiary/aromatic N) is 4. The van der Waals surface area contributed by atoms with Crippen LogP contribution in [0.5, 0.6) is 0 Å². The maximum atomic E-state index is 13.1. The Morgan fingerprint density at radius 3 is 3.03 bits per heavy atom. The number of methoxy groups -OCH3 is 1. The van der Waals surface area contributed by atoms with E-state index >= 15 is 0 Å². The summed E-state index contributed by atoms with van der Waals surface area (Å²) in [6.07, 6.45) is 2.36. The summed E-state index contributed by atoms with van der Waals surface area (Å²) in [5.74, 6) is 1.33. The van der Waals surface area contributed by atoms with Crippen molar-refractivity contribution in [1.82, 2.24) is 25.2 Å². The van der Waals surface area contributed by atoms with Gasteiger partial charge in [0.05, 0.1) is 31.8 Å². The van der Waals surface area contributed by atoms with Crippen molar-refractivity contribution in [3.05, 3.63) is 51.6 Å². The molecule has 0 radical (unpaired) electrons. The average molecular weight is 398 g/mol. The summed E-state index contributed by atoms with van der Waals surface area (Å²) in [5, 5.41) is 13.5. The van der Waals surface area contributed by atoms with Crippen LogP contribution in [0.1, 0.15) is 42.8 Å². The number of hydrogen-bond donors (Lipinski definition) is 2. The van der Waals surface area contributed by atoms with Gasteiger partial charge < -0.3 is 14.6 Å². The van der Waals surface area contributed by atoms with Gasteiger partial charge >= 0.3 is 0 Å². The van der Waals surface area contributed by atoms with Gasteiger partial charge in [0.25, 0.3) is 5.56 Å². The number of H-pyrrole nitrogens is 1. The minimum atomic E-state index is -0.210. The van der Waals surface area contributed by atoms with Gasteiger partial charge in [0.15, 0.2) is 6.04 Å². The highest BCUT2D eigenvalue weighted by Gasteiger charge is 2.36. The summed E-state index contributed by atoms with van der Waals surface area (Å²) in [5.41, 5.74) is 2.67. The SMILES string of the molecule is COCCn1nnnc1[C@@H](c1cc2cc(C)ccc2[nH]c1=O)[NH+]1CCC[C@H](C)C1. The Balaban J connectivity index is 1.84. The fourth-order valence-corrected chi connectivity index (χ4v) is 4.45. The van der Waals surface area contributed by atoms with E-state index in [1.165, 1.54) is 11.3 Å². The molecule has 1 aliphatic rings. The minimum Gasteiger partial charge on any atom is -0.383 e. The number of ether oxygens (including phenoxy) is 1. The Hall–Kier alpha value is -2.58. The van der Waals surface area contributed by atoms with E-state index in [4.69, 9.17) is 4.74 Å². The van der Waals surface area contributed by atoms with Crippen LogP contribution in [-0.4, -0.2) is 52.0 Å². The third-order valence-electron chi connectivity index (χ3n) is 5.88. The number of tetrazole rings is 1. The van der Waals surface area contributed by atoms with Crippen LogP contribution < -0.4 is 10.5 Å². The number of aromatic nitrogens is 5. The summed E-state index contributed by atoms with van der Waals surface area (Å²) in [4.78, 5) is 17.5. The predicted molar refractivity (Wildman–Crippen MR) is 110 cm³/mol. The van der Waals surface area contributed by atoms with E-state index < -0.39 is 0 Å².